The van der Waals surface area contributed by atoms with Crippen LogP contribution in [0.2, 0.25) is 6.04 Å². The Hall–Kier alpha value is 0.507. The van der Waals surface area contributed by atoms with Crippen LogP contribution in [0, 0.1) is 0 Å². The lowest BCUT2D eigenvalue weighted by molar-refractivity contribution is 0.890. The average Bonchev–Trinajstić information content (AvgIpc) is 1.61. The van der Waals surface area contributed by atoms with Crippen LogP contribution in [0.5, 0.6) is 0 Å². The van der Waals surface area contributed by atoms with E-state index in [1.165, 1.54) is 29.1 Å². The predicted octanol–water partition coefficient (Wildman–Crippen LogP) is 0.789. The monoisotopic (exact) mass is 122 g/mol. The Morgan fingerprint density at radius 1 is 1.33 bits per heavy atom. The van der Waals surface area contributed by atoms with Crippen LogP contribution >= 0.6 is 11.6 Å². The summed E-state index contributed by atoms with van der Waals surface area (Å²) < 4.78 is 0. The predicted molar refractivity (Wildman–Crippen MR) is 34.7 cm³/mol. The maximum Gasteiger partial charge on any atom is 0.0223 e. The first-order chi connectivity index (χ1) is 2.91. The van der Waals surface area contributed by atoms with E-state index in [9.17, 15) is 0 Å². The zero-order chi connectivity index (χ0) is 4.83. The molecule has 0 radical (unpaired) electrons. The molecule has 0 rings (SSSR count). The zero-order valence-electron chi connectivity index (χ0n) is 4.21. The lowest BCUT2D eigenvalue weighted by Crippen LogP contribution is -1.72. The molecule has 6 heavy (non-hydrogen) atoms. The second-order valence-electron chi connectivity index (χ2n) is 1.40. The molecule has 0 N–H and O–H groups in total. The van der Waals surface area contributed by atoms with E-state index in [0.717, 1.165) is 5.88 Å². The molecule has 0 saturated carbocycles. The summed E-state index contributed by atoms with van der Waals surface area (Å²) in [5, 5.41) is 0. The SMILES string of the molecule is [SiH3]CCCCCl. The van der Waals surface area contributed by atoms with E-state index in [4.69, 9.17) is 11.6 Å². The van der Waals surface area contributed by atoms with Crippen molar-refractivity contribution in [3.63, 3.8) is 0 Å². The van der Waals surface area contributed by atoms with Gasteiger partial charge in [0.05, 0.1) is 0 Å². The molecule has 0 nitrogen and oxygen atoms in total. The van der Waals surface area contributed by atoms with Crippen molar-refractivity contribution in [2.75, 3.05) is 5.88 Å². The Morgan fingerprint density at radius 3 is 2.17 bits per heavy atom. The molecule has 2 heteroatoms. The van der Waals surface area contributed by atoms with Gasteiger partial charge in [-0.1, -0.05) is 12.5 Å². The van der Waals surface area contributed by atoms with Crippen LogP contribution in [0.3, 0.4) is 0 Å². The molecule has 0 aromatic rings. The number of hydrogen-bond acceptors (Lipinski definition) is 0. The summed E-state index contributed by atoms with van der Waals surface area (Å²) >= 11 is 5.40. The maximum absolute atomic E-state index is 5.40. The highest BCUT2D eigenvalue weighted by molar-refractivity contribution is 6.17. The first-order valence-corrected chi connectivity index (χ1v) is 4.42. The minimum atomic E-state index is 0.849. The molecule has 0 aliphatic carbocycles. The van der Waals surface area contributed by atoms with Crippen molar-refractivity contribution in [2.45, 2.75) is 18.9 Å². The Kier molecular flexibility index (Phi) is 5.97. The van der Waals surface area contributed by atoms with E-state index in [0.29, 0.717) is 0 Å². The fourth-order valence-corrected chi connectivity index (χ4v) is 1.03. The summed E-state index contributed by atoms with van der Waals surface area (Å²) in [7, 11) is 1.34. The Labute approximate surface area is 47.3 Å². The largest absolute Gasteiger partial charge is 0.127 e. The van der Waals surface area contributed by atoms with Crippen LogP contribution in [0.1, 0.15) is 12.8 Å². The average molecular weight is 123 g/mol. The van der Waals surface area contributed by atoms with Crippen LogP contribution in [0.25, 0.3) is 0 Å². The van der Waals surface area contributed by atoms with Gasteiger partial charge in [0.2, 0.25) is 0 Å². The summed E-state index contributed by atoms with van der Waals surface area (Å²) in [5.41, 5.74) is 0. The van der Waals surface area contributed by atoms with Gasteiger partial charge in [-0.2, -0.15) is 0 Å². The van der Waals surface area contributed by atoms with Crippen LogP contribution in [-0.2, 0) is 0 Å². The molecule has 0 unspecified atom stereocenters. The van der Waals surface area contributed by atoms with Gasteiger partial charge in [-0.05, 0) is 6.42 Å². The number of alkyl halides is 1. The van der Waals surface area contributed by atoms with Crippen LogP contribution in [-0.4, -0.2) is 16.1 Å². The van der Waals surface area contributed by atoms with Gasteiger partial charge in [0.25, 0.3) is 0 Å². The number of rotatable bonds is 3. The number of hydrogen-bond donors (Lipinski definition) is 0. The van der Waals surface area contributed by atoms with Crippen molar-refractivity contribution in [1.82, 2.24) is 0 Å². The first kappa shape index (κ1) is 6.51. The Morgan fingerprint density at radius 2 is 2.00 bits per heavy atom. The molecule has 38 valence electrons. The van der Waals surface area contributed by atoms with E-state index in [1.54, 1.807) is 0 Å². The summed E-state index contributed by atoms with van der Waals surface area (Å²) in [4.78, 5) is 0. The van der Waals surface area contributed by atoms with E-state index >= 15 is 0 Å². The third-order valence-electron chi connectivity index (χ3n) is 0.737. The summed E-state index contributed by atoms with van der Waals surface area (Å²) in [6.45, 7) is 0. The van der Waals surface area contributed by atoms with Crippen molar-refractivity contribution >= 4 is 21.8 Å². The molecule has 0 spiro atoms. The zero-order valence-corrected chi connectivity index (χ0v) is 6.96. The van der Waals surface area contributed by atoms with E-state index < -0.39 is 0 Å². The van der Waals surface area contributed by atoms with Gasteiger partial charge in [-0.25, -0.2) is 0 Å². The first-order valence-electron chi connectivity index (χ1n) is 2.47. The van der Waals surface area contributed by atoms with Gasteiger partial charge in [0.1, 0.15) is 0 Å². The molecular formula is C4H11ClSi. The number of unbranched alkanes of at least 4 members (excludes halogenated alkanes) is 1. The second kappa shape index (κ2) is 5.51. The van der Waals surface area contributed by atoms with Gasteiger partial charge >= 0.3 is 0 Å². The van der Waals surface area contributed by atoms with Crippen LogP contribution in [0.15, 0.2) is 0 Å². The molecule has 0 atom stereocenters. The fourth-order valence-electron chi connectivity index (χ4n) is 0.344. The van der Waals surface area contributed by atoms with Crippen LogP contribution in [0.4, 0.5) is 0 Å². The molecule has 0 aromatic carbocycles. The molecule has 0 aromatic heterocycles. The van der Waals surface area contributed by atoms with Gasteiger partial charge < -0.3 is 0 Å². The summed E-state index contributed by atoms with van der Waals surface area (Å²) in [6.07, 6.45) is 2.56. The third-order valence-corrected chi connectivity index (χ3v) is 1.71. The van der Waals surface area contributed by atoms with Gasteiger partial charge in [0, 0.05) is 16.1 Å². The topological polar surface area (TPSA) is 0 Å². The van der Waals surface area contributed by atoms with E-state index in [1.807, 2.05) is 0 Å². The van der Waals surface area contributed by atoms with Gasteiger partial charge in [-0.15, -0.1) is 11.6 Å². The van der Waals surface area contributed by atoms with Crippen molar-refractivity contribution in [3.05, 3.63) is 0 Å². The fraction of sp³-hybridized carbons (Fsp3) is 1.00. The third kappa shape index (κ3) is 4.51. The molecule has 0 aliphatic heterocycles. The minimum Gasteiger partial charge on any atom is -0.127 e. The highest BCUT2D eigenvalue weighted by Gasteiger charge is 1.77. The maximum atomic E-state index is 5.40. The molecule has 0 amide bonds. The highest BCUT2D eigenvalue weighted by Crippen LogP contribution is 1.92. The highest BCUT2D eigenvalue weighted by atomic mass is 35.5. The van der Waals surface area contributed by atoms with E-state index in [2.05, 4.69) is 0 Å². The standard InChI is InChI=1S/C4H11ClSi/c5-3-1-2-4-6/h1-4H2,6H3. The van der Waals surface area contributed by atoms with Crippen LogP contribution < -0.4 is 0 Å². The summed E-state index contributed by atoms with van der Waals surface area (Å²) in [5.74, 6) is 0.849. The Balaban J connectivity index is 2.34. The molecule has 0 heterocycles. The number of halogens is 1. The molecule has 0 bridgehead atoms. The molecular weight excluding hydrogens is 112 g/mol. The second-order valence-corrected chi connectivity index (χ2v) is 2.77. The lowest BCUT2D eigenvalue weighted by Gasteiger charge is -1.84. The van der Waals surface area contributed by atoms with Crippen molar-refractivity contribution in [1.29, 1.82) is 0 Å². The van der Waals surface area contributed by atoms with E-state index in [-0.39, 0.29) is 0 Å². The summed E-state index contributed by atoms with van der Waals surface area (Å²) in [6, 6.07) is 1.41. The lowest BCUT2D eigenvalue weighted by atomic mass is 10.4. The van der Waals surface area contributed by atoms with Crippen molar-refractivity contribution < 1.29 is 0 Å². The molecule has 0 aliphatic rings. The van der Waals surface area contributed by atoms with Crippen molar-refractivity contribution in [3.8, 4) is 0 Å². The van der Waals surface area contributed by atoms with Crippen molar-refractivity contribution in [2.24, 2.45) is 0 Å². The smallest absolute Gasteiger partial charge is 0.0223 e. The molecule has 0 saturated heterocycles. The van der Waals surface area contributed by atoms with Gasteiger partial charge in [-0.3, -0.25) is 0 Å². The normalized spacial score (nSPS) is 9.50. The molecule has 0 fully saturated rings. The Bertz CT molecular complexity index is 19.5. The minimum absolute atomic E-state index is 0.849. The van der Waals surface area contributed by atoms with Gasteiger partial charge in [0.15, 0.2) is 0 Å². The quantitative estimate of drug-likeness (QED) is 0.295.